The molecule has 0 aliphatic rings. The quantitative estimate of drug-likeness (QED) is 0.271. The Morgan fingerprint density at radius 3 is 1.19 bits per heavy atom. The topological polar surface area (TPSA) is 0 Å². The second-order valence-electron chi connectivity index (χ2n) is 4.73. The Labute approximate surface area is 135 Å². The summed E-state index contributed by atoms with van der Waals surface area (Å²) in [5.41, 5.74) is -4.68. The molecule has 0 N–H and O–H groups in total. The summed E-state index contributed by atoms with van der Waals surface area (Å²) in [4.78, 5) is 0. The van der Waals surface area contributed by atoms with E-state index in [-0.39, 0.29) is 0 Å². The molecule has 0 aliphatic carbocycles. The van der Waals surface area contributed by atoms with Crippen LogP contribution in [0, 0.1) is 0 Å². The summed E-state index contributed by atoms with van der Waals surface area (Å²) in [5, 5.41) is 0. The Morgan fingerprint density at radius 1 is 0.615 bits per heavy atom. The summed E-state index contributed by atoms with van der Waals surface area (Å²) >= 11 is 0. The van der Waals surface area contributed by atoms with E-state index in [1.807, 2.05) is 6.58 Å². The van der Waals surface area contributed by atoms with Crippen LogP contribution in [0.15, 0.2) is 30.0 Å². The van der Waals surface area contributed by atoms with Crippen molar-refractivity contribution in [2.45, 2.75) is 42.5 Å². The van der Waals surface area contributed by atoms with Crippen molar-refractivity contribution in [1.29, 1.82) is 0 Å². The summed E-state index contributed by atoms with van der Waals surface area (Å²) in [7, 11) is 0. The normalized spacial score (nSPS) is 14.8. The fraction of sp³-hybridized carbons (Fsp3) is 0.583. The minimum Gasteiger partial charge on any atom is -0.194 e. The van der Waals surface area contributed by atoms with Gasteiger partial charge in [0.05, 0.1) is 5.57 Å². The van der Waals surface area contributed by atoms with Crippen molar-refractivity contribution in [3.63, 3.8) is 0 Å². The fourth-order valence-corrected chi connectivity index (χ4v) is 1.38. The Morgan fingerprint density at radius 2 is 0.923 bits per heavy atom. The van der Waals surface area contributed by atoms with E-state index >= 15 is 0 Å². The van der Waals surface area contributed by atoms with Crippen molar-refractivity contribution < 1.29 is 61.5 Å². The number of alkyl halides is 14. The third-order valence-electron chi connectivity index (χ3n) is 2.93. The molecule has 0 nitrogen and oxygen atoms in total. The van der Waals surface area contributed by atoms with Gasteiger partial charge in [0, 0.05) is 12.0 Å². The van der Waals surface area contributed by atoms with Gasteiger partial charge in [-0.3, -0.25) is 0 Å². The minimum absolute atomic E-state index is 0.730. The third-order valence-corrected chi connectivity index (χ3v) is 2.93. The largest absolute Gasteiger partial charge is 0.460 e. The smallest absolute Gasteiger partial charge is 0.194 e. The molecule has 14 heteroatoms. The Bertz CT molecular complexity index is 596. The molecule has 26 heavy (non-hydrogen) atoms. The van der Waals surface area contributed by atoms with Crippen LogP contribution < -0.4 is 0 Å². The number of hydrogen-bond acceptors (Lipinski definition) is 0. The van der Waals surface area contributed by atoms with Crippen LogP contribution >= 0.6 is 0 Å². The van der Waals surface area contributed by atoms with Gasteiger partial charge >= 0.3 is 36.0 Å². The third kappa shape index (κ3) is 3.69. The van der Waals surface area contributed by atoms with Crippen molar-refractivity contribution in [2.75, 3.05) is 0 Å². The van der Waals surface area contributed by atoms with Crippen molar-refractivity contribution in [3.05, 3.63) is 30.0 Å². The van der Waals surface area contributed by atoms with E-state index in [9.17, 15) is 61.5 Å². The zero-order chi connectivity index (χ0) is 21.6. The zero-order valence-electron chi connectivity index (χ0n) is 11.9. The summed E-state index contributed by atoms with van der Waals surface area (Å²) < 4.78 is 176. The van der Waals surface area contributed by atoms with Crippen LogP contribution in [0.25, 0.3) is 0 Å². The predicted octanol–water partition coefficient (Wildman–Crippen LogP) is 6.31. The molecular formula is C12H6F14. The number of hydrogen-bond donors (Lipinski definition) is 0. The SMILES string of the molecule is C=C=C(CC(=C)C(F)(F)C(F)(F)C(F)(F)F)C(F)(F)C(F)(F)C(F)(F)F. The average molecular weight is 416 g/mol. The van der Waals surface area contributed by atoms with Gasteiger partial charge in [0.25, 0.3) is 0 Å². The summed E-state index contributed by atoms with van der Waals surface area (Å²) in [6, 6.07) is 0. The van der Waals surface area contributed by atoms with E-state index in [4.69, 9.17) is 0 Å². The number of rotatable bonds is 6. The van der Waals surface area contributed by atoms with Crippen LogP contribution in [0.1, 0.15) is 6.42 Å². The lowest BCUT2D eigenvalue weighted by Gasteiger charge is -2.32. The lowest BCUT2D eigenvalue weighted by molar-refractivity contribution is -0.347. The van der Waals surface area contributed by atoms with Gasteiger partial charge in [-0.1, -0.05) is 13.2 Å². The van der Waals surface area contributed by atoms with E-state index in [0.717, 1.165) is 5.73 Å². The van der Waals surface area contributed by atoms with Crippen molar-refractivity contribution in [1.82, 2.24) is 0 Å². The fourth-order valence-electron chi connectivity index (χ4n) is 1.38. The van der Waals surface area contributed by atoms with Gasteiger partial charge in [-0.05, 0) is 0 Å². The Hall–Kier alpha value is -1.72. The molecule has 0 heterocycles. The minimum atomic E-state index is -6.92. The molecule has 0 radical (unpaired) electrons. The molecule has 0 rings (SSSR count). The molecule has 0 atom stereocenters. The van der Waals surface area contributed by atoms with E-state index < -0.39 is 53.6 Å². The number of allylic oxidation sites excluding steroid dienone is 2. The number of halogens is 14. The molecular weight excluding hydrogens is 410 g/mol. The molecule has 0 spiro atoms. The van der Waals surface area contributed by atoms with Gasteiger partial charge < -0.3 is 0 Å². The Kier molecular flexibility index (Phi) is 6.04. The van der Waals surface area contributed by atoms with Crippen LogP contribution in [0.4, 0.5) is 61.5 Å². The summed E-state index contributed by atoms with van der Waals surface area (Å²) in [5.74, 6) is -26.4. The van der Waals surface area contributed by atoms with Gasteiger partial charge in [-0.15, -0.1) is 5.73 Å². The Balaban J connectivity index is 5.97. The maximum Gasteiger partial charge on any atom is 0.460 e. The standard InChI is InChI=1S/C12H6F14/c1-3-6(8(15,16)10(19,20)12(24,25)26)4-5(2)7(13,14)9(17,18)11(21,22)23/h1-2,4H2. The van der Waals surface area contributed by atoms with Crippen molar-refractivity contribution >= 4 is 0 Å². The molecule has 0 aromatic carbocycles. The van der Waals surface area contributed by atoms with E-state index in [2.05, 4.69) is 6.58 Å². The highest BCUT2D eigenvalue weighted by molar-refractivity contribution is 5.28. The van der Waals surface area contributed by atoms with Crippen molar-refractivity contribution in [3.8, 4) is 0 Å². The molecule has 0 saturated heterocycles. The van der Waals surface area contributed by atoms with Gasteiger partial charge in [-0.25, -0.2) is 0 Å². The molecule has 0 aliphatic heterocycles. The van der Waals surface area contributed by atoms with Crippen LogP contribution in [0.5, 0.6) is 0 Å². The first-order valence-electron chi connectivity index (χ1n) is 5.81. The van der Waals surface area contributed by atoms with Crippen molar-refractivity contribution in [2.24, 2.45) is 0 Å². The monoisotopic (exact) mass is 416 g/mol. The van der Waals surface area contributed by atoms with Crippen LogP contribution in [-0.4, -0.2) is 36.0 Å². The lowest BCUT2D eigenvalue weighted by atomic mass is 9.91. The zero-order valence-corrected chi connectivity index (χ0v) is 11.9. The molecule has 0 unspecified atom stereocenters. The maximum absolute atomic E-state index is 13.3. The highest BCUT2D eigenvalue weighted by Gasteiger charge is 2.76. The summed E-state index contributed by atoms with van der Waals surface area (Å²) in [6.45, 7) is 4.20. The van der Waals surface area contributed by atoms with Crippen LogP contribution in [0.2, 0.25) is 0 Å². The molecule has 0 saturated carbocycles. The second-order valence-corrected chi connectivity index (χ2v) is 4.73. The summed E-state index contributed by atoms with van der Waals surface area (Å²) in [6.07, 6.45) is -16.4. The molecule has 0 bridgehead atoms. The average Bonchev–Trinajstić information content (AvgIpc) is 2.40. The molecule has 0 amide bonds. The molecule has 0 fully saturated rings. The van der Waals surface area contributed by atoms with E-state index in [1.54, 1.807) is 0 Å². The lowest BCUT2D eigenvalue weighted by Crippen LogP contribution is -2.54. The first kappa shape index (κ1) is 24.3. The first-order valence-corrected chi connectivity index (χ1v) is 5.81. The van der Waals surface area contributed by atoms with E-state index in [0.29, 0.717) is 0 Å². The highest BCUT2D eigenvalue weighted by atomic mass is 19.4. The van der Waals surface area contributed by atoms with Gasteiger partial charge in [0.2, 0.25) is 0 Å². The maximum atomic E-state index is 13.3. The van der Waals surface area contributed by atoms with Gasteiger partial charge in [0.1, 0.15) is 0 Å². The molecule has 0 aromatic rings. The predicted molar refractivity (Wildman–Crippen MR) is 58.3 cm³/mol. The van der Waals surface area contributed by atoms with E-state index in [1.165, 1.54) is 0 Å². The van der Waals surface area contributed by atoms with Crippen LogP contribution in [-0.2, 0) is 0 Å². The first-order chi connectivity index (χ1) is 11.1. The molecule has 152 valence electrons. The van der Waals surface area contributed by atoms with Gasteiger partial charge in [0.15, 0.2) is 0 Å². The second kappa shape index (κ2) is 6.46. The van der Waals surface area contributed by atoms with Crippen LogP contribution in [0.3, 0.4) is 0 Å². The highest BCUT2D eigenvalue weighted by Crippen LogP contribution is 2.54. The van der Waals surface area contributed by atoms with Gasteiger partial charge in [-0.2, -0.15) is 61.5 Å². The molecule has 0 aromatic heterocycles.